The van der Waals surface area contributed by atoms with Gasteiger partial charge in [-0.3, -0.25) is 5.43 Å². The molecule has 4 nitrogen and oxygen atoms in total. The number of carboxylic acids is 1. The molecule has 0 bridgehead atoms. The Morgan fingerprint density at radius 3 is 2.30 bits per heavy atom. The zero-order chi connectivity index (χ0) is 17.0. The molecular weight excluding hydrogens is 309 g/mol. The molecule has 2 rings (SSSR count). The fourth-order valence-electron chi connectivity index (χ4n) is 1.82. The number of alkyl halides is 3. The van der Waals surface area contributed by atoms with Crippen LogP contribution in [-0.2, 0) is 6.18 Å². The Labute approximate surface area is 130 Å². The molecule has 2 aromatic carbocycles. The number of nitrogens with one attached hydrogen (secondary N) is 1. The van der Waals surface area contributed by atoms with E-state index in [9.17, 15) is 18.0 Å². The van der Waals surface area contributed by atoms with Crippen LogP contribution in [0.15, 0.2) is 53.6 Å². The molecule has 0 spiro atoms. The van der Waals surface area contributed by atoms with Gasteiger partial charge in [0.1, 0.15) is 0 Å². The Morgan fingerprint density at radius 1 is 1.09 bits per heavy atom. The average Bonchev–Trinajstić information content (AvgIpc) is 2.52. The minimum absolute atomic E-state index is 0.133. The molecule has 0 aliphatic rings. The Hall–Kier alpha value is -2.83. The third-order valence-corrected chi connectivity index (χ3v) is 3.09. The highest BCUT2D eigenvalue weighted by Crippen LogP contribution is 2.29. The summed E-state index contributed by atoms with van der Waals surface area (Å²) in [5, 5.41) is 12.8. The van der Waals surface area contributed by atoms with Crippen LogP contribution < -0.4 is 5.43 Å². The lowest BCUT2D eigenvalue weighted by Crippen LogP contribution is -2.07. The Morgan fingerprint density at radius 2 is 1.74 bits per heavy atom. The van der Waals surface area contributed by atoms with Gasteiger partial charge in [0.15, 0.2) is 0 Å². The summed E-state index contributed by atoms with van der Waals surface area (Å²) in [6, 6.07) is 10.7. The largest absolute Gasteiger partial charge is 0.478 e. The smallest absolute Gasteiger partial charge is 0.416 e. The zero-order valence-corrected chi connectivity index (χ0v) is 12.1. The van der Waals surface area contributed by atoms with Crippen LogP contribution in [0.2, 0.25) is 0 Å². The van der Waals surface area contributed by atoms with Crippen LogP contribution in [0.5, 0.6) is 0 Å². The Kier molecular flexibility index (Phi) is 4.68. The van der Waals surface area contributed by atoms with Gasteiger partial charge in [-0.25, -0.2) is 4.79 Å². The second kappa shape index (κ2) is 6.51. The van der Waals surface area contributed by atoms with Crippen molar-refractivity contribution in [3.05, 3.63) is 65.2 Å². The predicted octanol–water partition coefficient (Wildman–Crippen LogP) is 4.24. The summed E-state index contributed by atoms with van der Waals surface area (Å²) in [6.07, 6.45) is -4.41. The van der Waals surface area contributed by atoms with Crippen molar-refractivity contribution in [1.29, 1.82) is 0 Å². The number of carbonyl (C=O) groups is 1. The first-order valence-corrected chi connectivity index (χ1v) is 6.58. The molecule has 2 N–H and O–H groups in total. The van der Waals surface area contributed by atoms with Crippen molar-refractivity contribution in [2.24, 2.45) is 5.10 Å². The van der Waals surface area contributed by atoms with Gasteiger partial charge in [0.05, 0.1) is 22.5 Å². The summed E-state index contributed by atoms with van der Waals surface area (Å²) in [4.78, 5) is 10.7. The fourth-order valence-corrected chi connectivity index (χ4v) is 1.82. The van der Waals surface area contributed by atoms with E-state index >= 15 is 0 Å². The van der Waals surface area contributed by atoms with Crippen LogP contribution in [0.3, 0.4) is 0 Å². The van der Waals surface area contributed by atoms with Gasteiger partial charge in [0, 0.05) is 0 Å². The zero-order valence-electron chi connectivity index (χ0n) is 12.1. The fraction of sp³-hybridized carbons (Fsp3) is 0.125. The molecule has 0 atom stereocenters. The molecule has 0 unspecified atom stereocenters. The van der Waals surface area contributed by atoms with Crippen LogP contribution in [-0.4, -0.2) is 16.8 Å². The van der Waals surface area contributed by atoms with Gasteiger partial charge in [0.25, 0.3) is 0 Å². The molecule has 0 heterocycles. The summed E-state index contributed by atoms with van der Waals surface area (Å²) < 4.78 is 38.0. The number of carboxylic acid groups (broad SMARTS) is 1. The molecule has 0 aliphatic carbocycles. The van der Waals surface area contributed by atoms with Crippen LogP contribution in [0, 0.1) is 0 Å². The van der Waals surface area contributed by atoms with Crippen LogP contribution in [0.25, 0.3) is 0 Å². The Balaban J connectivity index is 2.15. The number of anilines is 1. The number of halogens is 3. The van der Waals surface area contributed by atoms with Crippen molar-refractivity contribution in [1.82, 2.24) is 0 Å². The second-order valence-corrected chi connectivity index (χ2v) is 4.77. The summed E-state index contributed by atoms with van der Waals surface area (Å²) in [7, 11) is 0. The van der Waals surface area contributed by atoms with Crippen molar-refractivity contribution in [2.45, 2.75) is 13.1 Å². The van der Waals surface area contributed by atoms with E-state index in [4.69, 9.17) is 5.11 Å². The summed E-state index contributed by atoms with van der Waals surface area (Å²) in [5.74, 6) is -1.04. The van der Waals surface area contributed by atoms with Gasteiger partial charge in [-0.1, -0.05) is 12.1 Å². The van der Waals surface area contributed by atoms with E-state index in [0.29, 0.717) is 17.0 Å². The van der Waals surface area contributed by atoms with E-state index in [-0.39, 0.29) is 5.56 Å². The van der Waals surface area contributed by atoms with Gasteiger partial charge >= 0.3 is 12.1 Å². The monoisotopic (exact) mass is 322 g/mol. The summed E-state index contributed by atoms with van der Waals surface area (Å²) >= 11 is 0. The predicted molar refractivity (Wildman–Crippen MR) is 80.7 cm³/mol. The SMILES string of the molecule is CC(=NNc1ccc(C(=O)O)cc1)c1cccc(C(F)(F)F)c1. The van der Waals surface area contributed by atoms with Crippen molar-refractivity contribution in [2.75, 3.05) is 5.43 Å². The van der Waals surface area contributed by atoms with E-state index < -0.39 is 17.7 Å². The van der Waals surface area contributed by atoms with Crippen molar-refractivity contribution in [3.8, 4) is 0 Å². The van der Waals surface area contributed by atoms with E-state index in [1.165, 1.54) is 36.4 Å². The van der Waals surface area contributed by atoms with Crippen LogP contribution >= 0.6 is 0 Å². The van der Waals surface area contributed by atoms with Gasteiger partial charge in [-0.15, -0.1) is 0 Å². The third-order valence-electron chi connectivity index (χ3n) is 3.09. The van der Waals surface area contributed by atoms with Crippen LogP contribution in [0.1, 0.15) is 28.4 Å². The standard InChI is InChI=1S/C16H13F3N2O2/c1-10(12-3-2-4-13(9-12)16(17,18)19)20-21-14-7-5-11(6-8-14)15(22)23/h2-9,21H,1H3,(H,22,23). The highest BCUT2D eigenvalue weighted by molar-refractivity contribution is 5.99. The molecule has 2 aromatic rings. The summed E-state index contributed by atoms with van der Waals surface area (Å²) in [5.41, 5.74) is 3.32. The van der Waals surface area contributed by atoms with E-state index in [0.717, 1.165) is 12.1 Å². The molecule has 7 heteroatoms. The third kappa shape index (κ3) is 4.32. The topological polar surface area (TPSA) is 61.7 Å². The summed E-state index contributed by atoms with van der Waals surface area (Å²) in [6.45, 7) is 1.58. The minimum atomic E-state index is -4.41. The molecule has 120 valence electrons. The second-order valence-electron chi connectivity index (χ2n) is 4.77. The molecule has 0 saturated carbocycles. The van der Waals surface area contributed by atoms with Gasteiger partial charge < -0.3 is 5.11 Å². The van der Waals surface area contributed by atoms with Crippen molar-refractivity contribution >= 4 is 17.4 Å². The maximum atomic E-state index is 12.7. The molecule has 23 heavy (non-hydrogen) atoms. The molecule has 0 fully saturated rings. The number of hydrogen-bond donors (Lipinski definition) is 2. The maximum Gasteiger partial charge on any atom is 0.416 e. The first-order valence-electron chi connectivity index (χ1n) is 6.58. The van der Waals surface area contributed by atoms with E-state index in [2.05, 4.69) is 10.5 Å². The van der Waals surface area contributed by atoms with E-state index in [1.54, 1.807) is 6.92 Å². The number of benzene rings is 2. The minimum Gasteiger partial charge on any atom is -0.478 e. The molecule has 0 saturated heterocycles. The Bertz CT molecular complexity index is 738. The normalized spacial score (nSPS) is 12.1. The number of aromatic carboxylic acids is 1. The average molecular weight is 322 g/mol. The molecular formula is C16H13F3N2O2. The van der Waals surface area contributed by atoms with Crippen LogP contribution in [0.4, 0.5) is 18.9 Å². The quantitative estimate of drug-likeness (QED) is 0.654. The number of rotatable bonds is 4. The molecule has 0 aliphatic heterocycles. The van der Waals surface area contributed by atoms with Gasteiger partial charge in [0.2, 0.25) is 0 Å². The number of hydrogen-bond acceptors (Lipinski definition) is 3. The van der Waals surface area contributed by atoms with Crippen molar-refractivity contribution < 1.29 is 23.1 Å². The van der Waals surface area contributed by atoms with Crippen molar-refractivity contribution in [3.63, 3.8) is 0 Å². The highest BCUT2D eigenvalue weighted by Gasteiger charge is 2.30. The van der Waals surface area contributed by atoms with E-state index in [1.807, 2.05) is 0 Å². The lowest BCUT2D eigenvalue weighted by molar-refractivity contribution is -0.137. The van der Waals surface area contributed by atoms with Gasteiger partial charge in [-0.05, 0) is 48.9 Å². The van der Waals surface area contributed by atoms with Gasteiger partial charge in [-0.2, -0.15) is 18.3 Å². The first-order chi connectivity index (χ1) is 10.8. The molecule has 0 aromatic heterocycles. The number of nitrogens with zero attached hydrogens (tertiary/aromatic N) is 1. The lowest BCUT2D eigenvalue weighted by Gasteiger charge is -2.09. The first kappa shape index (κ1) is 16.5. The maximum absolute atomic E-state index is 12.7. The lowest BCUT2D eigenvalue weighted by atomic mass is 10.1. The molecule has 0 amide bonds. The molecule has 0 radical (unpaired) electrons. The highest BCUT2D eigenvalue weighted by atomic mass is 19.4. The number of hydrazone groups is 1.